The van der Waals surface area contributed by atoms with Crippen molar-refractivity contribution in [2.75, 3.05) is 5.32 Å². The number of hydrogen-bond donors (Lipinski definition) is 1. The Morgan fingerprint density at radius 3 is 2.21 bits per heavy atom. The molecule has 0 spiro atoms. The quantitative estimate of drug-likeness (QED) is 0.722. The molecule has 0 fully saturated rings. The Bertz CT molecular complexity index is 832. The second kappa shape index (κ2) is 8.77. The Balaban J connectivity index is 2.01. The molecule has 0 saturated heterocycles. The van der Waals surface area contributed by atoms with Crippen LogP contribution in [0.15, 0.2) is 48.5 Å². The summed E-state index contributed by atoms with van der Waals surface area (Å²) < 4.78 is 48.7. The normalized spacial score (nSPS) is 12.4. The van der Waals surface area contributed by atoms with Gasteiger partial charge >= 0.3 is 12.1 Å². The number of carbonyl (C=O) groups is 2. The van der Waals surface area contributed by atoms with Crippen LogP contribution >= 0.6 is 0 Å². The molecule has 0 radical (unpaired) electrons. The number of amides is 1. The number of esters is 1. The van der Waals surface area contributed by atoms with E-state index in [9.17, 15) is 22.8 Å². The van der Waals surface area contributed by atoms with E-state index in [-0.39, 0.29) is 17.4 Å². The molecule has 1 amide bonds. The highest BCUT2D eigenvalue weighted by Gasteiger charge is 2.30. The maximum Gasteiger partial charge on any atom is 0.416 e. The number of benzene rings is 2. The van der Waals surface area contributed by atoms with Crippen LogP contribution in [0.5, 0.6) is 5.75 Å². The third kappa shape index (κ3) is 6.00. The van der Waals surface area contributed by atoms with Crippen molar-refractivity contribution in [3.05, 3.63) is 59.7 Å². The van der Waals surface area contributed by atoms with Gasteiger partial charge in [0, 0.05) is 11.3 Å². The Kier molecular flexibility index (Phi) is 6.66. The van der Waals surface area contributed by atoms with Crippen LogP contribution in [0.1, 0.15) is 36.7 Å². The number of alkyl halides is 3. The first-order chi connectivity index (χ1) is 13.1. The van der Waals surface area contributed by atoms with E-state index in [1.54, 1.807) is 20.8 Å². The van der Waals surface area contributed by atoms with Gasteiger partial charge in [0.1, 0.15) is 5.75 Å². The first-order valence-electron chi connectivity index (χ1n) is 8.52. The second-order valence-corrected chi connectivity index (χ2v) is 6.30. The minimum atomic E-state index is -4.49. The van der Waals surface area contributed by atoms with Gasteiger partial charge in [-0.2, -0.15) is 13.2 Å². The summed E-state index contributed by atoms with van der Waals surface area (Å²) in [6.07, 6.45) is -5.58. The monoisotopic (exact) mass is 395 g/mol. The SMILES string of the molecule is CC(C)OC(=O)[C@H](C)Oc1ccc(C(=O)Nc2cccc(C(F)(F)F)c2)cc1. The Labute approximate surface area is 160 Å². The van der Waals surface area contributed by atoms with E-state index < -0.39 is 29.7 Å². The van der Waals surface area contributed by atoms with Crippen molar-refractivity contribution in [1.29, 1.82) is 0 Å². The molecule has 0 aliphatic carbocycles. The maximum atomic E-state index is 12.7. The molecular formula is C20H20F3NO4. The van der Waals surface area contributed by atoms with Crippen molar-refractivity contribution < 1.29 is 32.2 Å². The van der Waals surface area contributed by atoms with Gasteiger partial charge in [-0.1, -0.05) is 6.07 Å². The fourth-order valence-electron chi connectivity index (χ4n) is 2.24. The standard InChI is InChI=1S/C20H20F3NO4/c1-12(2)27-19(26)13(3)28-17-9-7-14(8-10-17)18(25)24-16-6-4-5-15(11-16)20(21,22)23/h4-13H,1-3H3,(H,24,25)/t13-/m0/s1. The molecule has 2 aromatic carbocycles. The van der Waals surface area contributed by atoms with E-state index in [4.69, 9.17) is 9.47 Å². The lowest BCUT2D eigenvalue weighted by atomic mass is 10.1. The third-order valence-corrected chi connectivity index (χ3v) is 3.56. The predicted octanol–water partition coefficient (Wildman–Crippen LogP) is 4.68. The van der Waals surface area contributed by atoms with E-state index in [0.717, 1.165) is 12.1 Å². The lowest BCUT2D eigenvalue weighted by Crippen LogP contribution is -2.28. The smallest absolute Gasteiger partial charge is 0.416 e. The highest BCUT2D eigenvalue weighted by Crippen LogP contribution is 2.30. The molecule has 150 valence electrons. The predicted molar refractivity (Wildman–Crippen MR) is 97.2 cm³/mol. The molecule has 0 bridgehead atoms. The van der Waals surface area contributed by atoms with Crippen LogP contribution in [0.4, 0.5) is 18.9 Å². The summed E-state index contributed by atoms with van der Waals surface area (Å²) in [7, 11) is 0. The van der Waals surface area contributed by atoms with Crippen LogP contribution in [-0.2, 0) is 15.7 Å². The van der Waals surface area contributed by atoms with Crippen LogP contribution in [0, 0.1) is 0 Å². The molecule has 1 atom stereocenters. The molecule has 28 heavy (non-hydrogen) atoms. The van der Waals surface area contributed by atoms with E-state index in [1.807, 2.05) is 0 Å². The fourth-order valence-corrected chi connectivity index (χ4v) is 2.24. The van der Waals surface area contributed by atoms with Crippen molar-refractivity contribution >= 4 is 17.6 Å². The average Bonchev–Trinajstić information content (AvgIpc) is 2.61. The largest absolute Gasteiger partial charge is 0.479 e. The van der Waals surface area contributed by atoms with Gasteiger partial charge in [0.05, 0.1) is 11.7 Å². The first-order valence-corrected chi connectivity index (χ1v) is 8.52. The molecule has 1 N–H and O–H groups in total. The zero-order chi connectivity index (χ0) is 20.9. The van der Waals surface area contributed by atoms with E-state index in [2.05, 4.69) is 5.32 Å². The van der Waals surface area contributed by atoms with Gasteiger partial charge in [-0.05, 0) is 63.2 Å². The van der Waals surface area contributed by atoms with Crippen molar-refractivity contribution in [3.8, 4) is 5.75 Å². The summed E-state index contributed by atoms with van der Waals surface area (Å²) in [5.74, 6) is -0.733. The molecular weight excluding hydrogens is 375 g/mol. The molecule has 0 heterocycles. The summed E-state index contributed by atoms with van der Waals surface area (Å²) in [6, 6.07) is 10.2. The summed E-state index contributed by atoms with van der Waals surface area (Å²) in [6.45, 7) is 4.99. The number of nitrogens with one attached hydrogen (secondary N) is 1. The molecule has 2 aromatic rings. The topological polar surface area (TPSA) is 64.6 Å². The summed E-state index contributed by atoms with van der Waals surface area (Å²) in [5, 5.41) is 2.42. The first kappa shape index (κ1) is 21.3. The summed E-state index contributed by atoms with van der Waals surface area (Å²) in [5.41, 5.74) is -0.594. The van der Waals surface area contributed by atoms with Gasteiger partial charge in [0.15, 0.2) is 6.10 Å². The summed E-state index contributed by atoms with van der Waals surface area (Å²) >= 11 is 0. The molecule has 2 rings (SSSR count). The number of hydrogen-bond acceptors (Lipinski definition) is 4. The van der Waals surface area contributed by atoms with Gasteiger partial charge in [0.25, 0.3) is 5.91 Å². The fraction of sp³-hybridized carbons (Fsp3) is 0.300. The molecule has 0 aromatic heterocycles. The third-order valence-electron chi connectivity index (χ3n) is 3.56. The maximum absolute atomic E-state index is 12.7. The minimum Gasteiger partial charge on any atom is -0.479 e. The highest BCUT2D eigenvalue weighted by atomic mass is 19.4. The Morgan fingerprint density at radius 1 is 1.00 bits per heavy atom. The number of rotatable bonds is 6. The number of ether oxygens (including phenoxy) is 2. The molecule has 5 nitrogen and oxygen atoms in total. The van der Waals surface area contributed by atoms with Crippen LogP contribution < -0.4 is 10.1 Å². The van der Waals surface area contributed by atoms with Crippen LogP contribution in [0.3, 0.4) is 0 Å². The van der Waals surface area contributed by atoms with Gasteiger partial charge in [-0.15, -0.1) is 0 Å². The van der Waals surface area contributed by atoms with Crippen molar-refractivity contribution in [2.45, 2.75) is 39.2 Å². The lowest BCUT2D eigenvalue weighted by molar-refractivity contribution is -0.154. The van der Waals surface area contributed by atoms with Crippen LogP contribution in [0.2, 0.25) is 0 Å². The lowest BCUT2D eigenvalue weighted by Gasteiger charge is -2.16. The van der Waals surface area contributed by atoms with Gasteiger partial charge in [-0.3, -0.25) is 4.79 Å². The zero-order valence-corrected chi connectivity index (χ0v) is 15.5. The number of carbonyl (C=O) groups excluding carboxylic acids is 2. The van der Waals surface area contributed by atoms with E-state index in [1.165, 1.54) is 36.4 Å². The van der Waals surface area contributed by atoms with E-state index >= 15 is 0 Å². The van der Waals surface area contributed by atoms with Crippen LogP contribution in [0.25, 0.3) is 0 Å². The Hall–Kier alpha value is -3.03. The van der Waals surface area contributed by atoms with Crippen LogP contribution in [-0.4, -0.2) is 24.1 Å². The van der Waals surface area contributed by atoms with Crippen molar-refractivity contribution in [1.82, 2.24) is 0 Å². The number of anilines is 1. The average molecular weight is 395 g/mol. The van der Waals surface area contributed by atoms with Crippen molar-refractivity contribution in [2.24, 2.45) is 0 Å². The zero-order valence-electron chi connectivity index (χ0n) is 15.5. The molecule has 0 aliphatic heterocycles. The van der Waals surface area contributed by atoms with Gasteiger partial charge in [0.2, 0.25) is 0 Å². The molecule has 0 unspecified atom stereocenters. The number of halogens is 3. The van der Waals surface area contributed by atoms with Gasteiger partial charge < -0.3 is 14.8 Å². The second-order valence-electron chi connectivity index (χ2n) is 6.30. The van der Waals surface area contributed by atoms with Crippen molar-refractivity contribution in [3.63, 3.8) is 0 Å². The molecule has 0 aliphatic rings. The van der Waals surface area contributed by atoms with E-state index in [0.29, 0.717) is 5.75 Å². The highest BCUT2D eigenvalue weighted by molar-refractivity contribution is 6.04. The molecule has 0 saturated carbocycles. The summed E-state index contributed by atoms with van der Waals surface area (Å²) in [4.78, 5) is 24.0. The molecule has 8 heteroatoms. The Morgan fingerprint density at radius 2 is 1.64 bits per heavy atom. The minimum absolute atomic E-state index is 0.0326. The van der Waals surface area contributed by atoms with Gasteiger partial charge in [-0.25, -0.2) is 4.79 Å².